The highest BCUT2D eigenvalue weighted by Gasteiger charge is 2.32. The summed E-state index contributed by atoms with van der Waals surface area (Å²) in [6.45, 7) is 0.586. The highest BCUT2D eigenvalue weighted by Crippen LogP contribution is 2.37. The first-order chi connectivity index (χ1) is 13.1. The molecule has 1 saturated heterocycles. The number of halogens is 1. The van der Waals surface area contributed by atoms with E-state index in [1.807, 2.05) is 0 Å². The highest BCUT2D eigenvalue weighted by molar-refractivity contribution is 5.92. The lowest BCUT2D eigenvalue weighted by atomic mass is 9.93. The Hall–Kier alpha value is -3.29. The van der Waals surface area contributed by atoms with E-state index in [0.29, 0.717) is 29.1 Å². The second kappa shape index (κ2) is 7.14. The molecule has 3 aromatic rings. The first kappa shape index (κ1) is 17.1. The van der Waals surface area contributed by atoms with E-state index in [9.17, 15) is 9.18 Å². The smallest absolute Gasteiger partial charge is 0.272 e. The zero-order chi connectivity index (χ0) is 18.8. The number of rotatable bonds is 3. The molecule has 1 fully saturated rings. The van der Waals surface area contributed by atoms with Gasteiger partial charge in [0.2, 0.25) is 5.95 Å². The maximum Gasteiger partial charge on any atom is 0.272 e. The number of nitrogens with two attached hydrogens (primary N) is 1. The Balaban J connectivity index is 1.80. The van der Waals surface area contributed by atoms with Gasteiger partial charge in [-0.25, -0.2) is 14.4 Å². The van der Waals surface area contributed by atoms with Crippen molar-refractivity contribution in [1.82, 2.24) is 25.1 Å². The van der Waals surface area contributed by atoms with Gasteiger partial charge in [0.05, 0.1) is 11.7 Å². The van der Waals surface area contributed by atoms with Crippen LogP contribution >= 0.6 is 0 Å². The van der Waals surface area contributed by atoms with Crippen LogP contribution in [0.1, 0.15) is 41.5 Å². The van der Waals surface area contributed by atoms with Crippen LogP contribution in [0, 0.1) is 5.82 Å². The fourth-order valence-electron chi connectivity index (χ4n) is 3.54. The van der Waals surface area contributed by atoms with Gasteiger partial charge in [-0.15, -0.1) is 0 Å². The maximum atomic E-state index is 14.4. The summed E-state index contributed by atoms with van der Waals surface area (Å²) in [6.07, 6.45) is 5.63. The normalized spacial score (nSPS) is 17.1. The van der Waals surface area contributed by atoms with Crippen LogP contribution in [0.4, 0.5) is 10.3 Å². The molecule has 1 aromatic carbocycles. The minimum absolute atomic E-state index is 0.101. The average Bonchev–Trinajstić information content (AvgIpc) is 3.23. The largest absolute Gasteiger partial charge is 0.368 e. The van der Waals surface area contributed by atoms with E-state index < -0.39 is 0 Å². The molecule has 8 heteroatoms. The van der Waals surface area contributed by atoms with Crippen LogP contribution in [0.15, 0.2) is 42.7 Å². The Morgan fingerprint density at radius 2 is 2.07 bits per heavy atom. The van der Waals surface area contributed by atoms with E-state index in [1.165, 1.54) is 12.3 Å². The number of aromatic amines is 1. The van der Waals surface area contributed by atoms with Crippen LogP contribution in [-0.4, -0.2) is 37.5 Å². The SMILES string of the molecule is Nc1ncc(-c2ccccc2F)c([C@@H]2CCCCN2C(=O)c2ccn[nH]2)n1. The summed E-state index contributed by atoms with van der Waals surface area (Å²) >= 11 is 0. The number of hydrogen-bond acceptors (Lipinski definition) is 5. The standard InChI is InChI=1S/C19H19FN6O/c20-14-6-2-1-5-12(14)13-11-22-19(21)24-17(13)16-7-3-4-10-26(16)18(27)15-8-9-23-25-15/h1-2,5-6,8-9,11,16H,3-4,7,10H2,(H,23,25)(H2,21,22,24)/t16-/m0/s1. The number of nitrogen functional groups attached to an aromatic ring is 1. The summed E-state index contributed by atoms with van der Waals surface area (Å²) in [5.41, 5.74) is 7.76. The van der Waals surface area contributed by atoms with E-state index >= 15 is 0 Å². The van der Waals surface area contributed by atoms with Crippen LogP contribution in [0.25, 0.3) is 11.1 Å². The summed E-state index contributed by atoms with van der Waals surface area (Å²) in [6, 6.07) is 7.79. The number of carbonyl (C=O) groups is 1. The number of carbonyl (C=O) groups excluding carboxylic acids is 1. The lowest BCUT2D eigenvalue weighted by Gasteiger charge is -2.36. The average molecular weight is 366 g/mol. The number of aromatic nitrogens is 4. The third kappa shape index (κ3) is 3.25. The Morgan fingerprint density at radius 1 is 1.22 bits per heavy atom. The van der Waals surface area contributed by atoms with Crippen molar-refractivity contribution < 1.29 is 9.18 Å². The molecule has 1 amide bonds. The molecule has 3 N–H and O–H groups in total. The van der Waals surface area contributed by atoms with E-state index in [1.54, 1.807) is 35.4 Å². The number of likely N-dealkylation sites (tertiary alicyclic amines) is 1. The second-order valence-corrected chi connectivity index (χ2v) is 6.49. The molecule has 7 nitrogen and oxygen atoms in total. The molecule has 2 aromatic heterocycles. The summed E-state index contributed by atoms with van der Waals surface area (Å²) in [5.74, 6) is -0.423. The summed E-state index contributed by atoms with van der Waals surface area (Å²) in [4.78, 5) is 23.2. The van der Waals surface area contributed by atoms with E-state index in [-0.39, 0.29) is 23.7 Å². The van der Waals surface area contributed by atoms with Gasteiger partial charge in [0.1, 0.15) is 11.5 Å². The van der Waals surface area contributed by atoms with Crippen LogP contribution < -0.4 is 5.73 Å². The van der Waals surface area contributed by atoms with E-state index in [2.05, 4.69) is 20.2 Å². The zero-order valence-electron chi connectivity index (χ0n) is 14.6. The Bertz CT molecular complexity index is 959. The predicted molar refractivity (Wildman–Crippen MR) is 98.1 cm³/mol. The number of benzene rings is 1. The van der Waals surface area contributed by atoms with Crippen LogP contribution in [0.2, 0.25) is 0 Å². The van der Waals surface area contributed by atoms with E-state index in [4.69, 9.17) is 5.73 Å². The molecule has 1 aliphatic rings. The molecule has 3 heterocycles. The van der Waals surface area contributed by atoms with Gasteiger partial charge >= 0.3 is 0 Å². The number of nitrogens with one attached hydrogen (secondary N) is 1. The molecule has 1 atom stereocenters. The van der Waals surface area contributed by atoms with Gasteiger partial charge in [-0.05, 0) is 31.4 Å². The van der Waals surface area contributed by atoms with Crippen LogP contribution in [0.3, 0.4) is 0 Å². The lowest BCUT2D eigenvalue weighted by molar-refractivity contribution is 0.0600. The quantitative estimate of drug-likeness (QED) is 0.742. The summed E-state index contributed by atoms with van der Waals surface area (Å²) in [7, 11) is 0. The molecule has 27 heavy (non-hydrogen) atoms. The van der Waals surface area contributed by atoms with Crippen molar-refractivity contribution in [3.8, 4) is 11.1 Å². The second-order valence-electron chi connectivity index (χ2n) is 6.49. The topological polar surface area (TPSA) is 101 Å². The predicted octanol–water partition coefficient (Wildman–Crippen LogP) is 2.96. The van der Waals surface area contributed by atoms with Gasteiger partial charge < -0.3 is 10.6 Å². The van der Waals surface area contributed by atoms with Crippen molar-refractivity contribution in [3.63, 3.8) is 0 Å². The summed E-state index contributed by atoms with van der Waals surface area (Å²) < 4.78 is 14.4. The fraction of sp³-hybridized carbons (Fsp3) is 0.263. The first-order valence-electron chi connectivity index (χ1n) is 8.83. The van der Waals surface area contributed by atoms with Gasteiger partial charge in [-0.2, -0.15) is 5.10 Å². The first-order valence-corrected chi connectivity index (χ1v) is 8.83. The number of anilines is 1. The molecule has 0 radical (unpaired) electrons. The van der Waals surface area contributed by atoms with Crippen molar-refractivity contribution in [2.24, 2.45) is 0 Å². The highest BCUT2D eigenvalue weighted by atomic mass is 19.1. The molecule has 0 bridgehead atoms. The minimum atomic E-state index is -0.366. The lowest BCUT2D eigenvalue weighted by Crippen LogP contribution is -2.39. The molecule has 4 rings (SSSR count). The molecular weight excluding hydrogens is 347 g/mol. The van der Waals surface area contributed by atoms with Crippen LogP contribution in [0.5, 0.6) is 0 Å². The number of amides is 1. The molecule has 0 unspecified atom stereocenters. The van der Waals surface area contributed by atoms with Crippen molar-refractivity contribution in [1.29, 1.82) is 0 Å². The Labute approximate surface area is 155 Å². The third-order valence-electron chi connectivity index (χ3n) is 4.81. The van der Waals surface area contributed by atoms with Gasteiger partial charge in [0.25, 0.3) is 5.91 Å². The molecule has 1 aliphatic heterocycles. The van der Waals surface area contributed by atoms with Gasteiger partial charge in [0.15, 0.2) is 0 Å². The summed E-state index contributed by atoms with van der Waals surface area (Å²) in [5, 5.41) is 6.57. The monoisotopic (exact) mass is 366 g/mol. The number of nitrogens with zero attached hydrogens (tertiary/aromatic N) is 4. The van der Waals surface area contributed by atoms with Gasteiger partial charge in [0, 0.05) is 30.1 Å². The molecular formula is C19H19FN6O. The molecule has 0 spiro atoms. The van der Waals surface area contributed by atoms with Crippen molar-refractivity contribution in [2.45, 2.75) is 25.3 Å². The molecule has 0 aliphatic carbocycles. The number of piperidine rings is 1. The maximum absolute atomic E-state index is 14.4. The third-order valence-corrected chi connectivity index (χ3v) is 4.81. The number of hydrogen-bond donors (Lipinski definition) is 2. The van der Waals surface area contributed by atoms with Crippen molar-refractivity contribution in [3.05, 3.63) is 59.9 Å². The molecule has 0 saturated carbocycles. The van der Waals surface area contributed by atoms with Crippen molar-refractivity contribution in [2.75, 3.05) is 12.3 Å². The van der Waals surface area contributed by atoms with Crippen molar-refractivity contribution >= 4 is 11.9 Å². The van der Waals surface area contributed by atoms with Gasteiger partial charge in [-0.3, -0.25) is 9.89 Å². The minimum Gasteiger partial charge on any atom is -0.368 e. The molecule has 138 valence electrons. The fourth-order valence-corrected chi connectivity index (χ4v) is 3.54. The zero-order valence-corrected chi connectivity index (χ0v) is 14.6. The Morgan fingerprint density at radius 3 is 2.85 bits per heavy atom. The van der Waals surface area contributed by atoms with Crippen LogP contribution in [-0.2, 0) is 0 Å². The van der Waals surface area contributed by atoms with Gasteiger partial charge in [-0.1, -0.05) is 18.2 Å². The number of H-pyrrole nitrogens is 1. The Kier molecular flexibility index (Phi) is 4.53. The van der Waals surface area contributed by atoms with E-state index in [0.717, 1.165) is 19.3 Å².